The van der Waals surface area contributed by atoms with Crippen LogP contribution in [0.15, 0.2) is 24.3 Å². The lowest BCUT2D eigenvalue weighted by atomic mass is 9.97. The zero-order chi connectivity index (χ0) is 12.9. The summed E-state index contributed by atoms with van der Waals surface area (Å²) in [7, 11) is 3.30. The van der Waals surface area contributed by atoms with Gasteiger partial charge in [-0.15, -0.1) is 0 Å². The molecule has 1 aromatic carbocycles. The van der Waals surface area contributed by atoms with Gasteiger partial charge in [-0.05, 0) is 18.0 Å². The number of nitrogens with two attached hydrogens (primary N) is 1. The van der Waals surface area contributed by atoms with Gasteiger partial charge in [-0.1, -0.05) is 38.1 Å². The van der Waals surface area contributed by atoms with Gasteiger partial charge in [0.25, 0.3) is 0 Å². The zero-order valence-electron chi connectivity index (χ0n) is 11.2. The highest BCUT2D eigenvalue weighted by Crippen LogP contribution is 2.30. The quantitative estimate of drug-likeness (QED) is 0.773. The molecule has 0 saturated heterocycles. The lowest BCUT2D eigenvalue weighted by Crippen LogP contribution is -2.33. The largest absolute Gasteiger partial charge is 0.349 e. The maximum absolute atomic E-state index is 5.62. The SMILES string of the molecule is COC(CCN)(OC)c1ccc(C(C)C)cc1. The molecular weight excluding hydrogens is 214 g/mol. The van der Waals surface area contributed by atoms with Crippen molar-refractivity contribution in [2.24, 2.45) is 5.73 Å². The van der Waals surface area contributed by atoms with Crippen molar-refractivity contribution in [1.29, 1.82) is 0 Å². The van der Waals surface area contributed by atoms with Crippen LogP contribution in [-0.2, 0) is 15.3 Å². The molecule has 1 rings (SSSR count). The maximum Gasteiger partial charge on any atom is 0.195 e. The molecule has 3 nitrogen and oxygen atoms in total. The maximum atomic E-state index is 5.62. The molecule has 0 bridgehead atoms. The normalized spacial score (nSPS) is 12.1. The molecule has 0 spiro atoms. The standard InChI is InChI=1S/C14H23NO2/c1-11(2)12-5-7-13(8-6-12)14(16-3,17-4)9-10-15/h5-8,11H,9-10,15H2,1-4H3. The van der Waals surface area contributed by atoms with Crippen molar-refractivity contribution in [3.63, 3.8) is 0 Å². The van der Waals surface area contributed by atoms with Gasteiger partial charge in [-0.3, -0.25) is 0 Å². The van der Waals surface area contributed by atoms with Crippen molar-refractivity contribution in [1.82, 2.24) is 0 Å². The van der Waals surface area contributed by atoms with Crippen molar-refractivity contribution in [2.75, 3.05) is 20.8 Å². The average molecular weight is 237 g/mol. The molecule has 0 heterocycles. The summed E-state index contributed by atoms with van der Waals surface area (Å²) in [6.07, 6.45) is 0.640. The Hall–Kier alpha value is -0.900. The Morgan fingerprint density at radius 3 is 2.00 bits per heavy atom. The van der Waals surface area contributed by atoms with Gasteiger partial charge in [-0.2, -0.15) is 0 Å². The highest BCUT2D eigenvalue weighted by atomic mass is 16.7. The van der Waals surface area contributed by atoms with Crippen LogP contribution >= 0.6 is 0 Å². The number of rotatable bonds is 6. The molecular formula is C14H23NO2. The summed E-state index contributed by atoms with van der Waals surface area (Å²) in [4.78, 5) is 0. The molecule has 3 heteroatoms. The molecule has 0 aliphatic carbocycles. The lowest BCUT2D eigenvalue weighted by molar-refractivity contribution is -0.218. The first-order chi connectivity index (χ1) is 8.09. The Morgan fingerprint density at radius 1 is 1.12 bits per heavy atom. The fourth-order valence-corrected chi connectivity index (χ4v) is 1.98. The van der Waals surface area contributed by atoms with Crippen molar-refractivity contribution in [3.05, 3.63) is 35.4 Å². The molecule has 0 atom stereocenters. The Kier molecular flexibility index (Phi) is 5.12. The van der Waals surface area contributed by atoms with Gasteiger partial charge >= 0.3 is 0 Å². The van der Waals surface area contributed by atoms with E-state index >= 15 is 0 Å². The van der Waals surface area contributed by atoms with Crippen LogP contribution in [0.2, 0.25) is 0 Å². The van der Waals surface area contributed by atoms with Crippen molar-refractivity contribution < 1.29 is 9.47 Å². The summed E-state index contributed by atoms with van der Waals surface area (Å²) in [5, 5.41) is 0. The number of hydrogen-bond donors (Lipinski definition) is 1. The molecule has 0 aliphatic rings. The van der Waals surface area contributed by atoms with Crippen LogP contribution in [0.4, 0.5) is 0 Å². The van der Waals surface area contributed by atoms with E-state index in [0.29, 0.717) is 18.9 Å². The molecule has 0 radical (unpaired) electrons. The van der Waals surface area contributed by atoms with Crippen LogP contribution in [0, 0.1) is 0 Å². The van der Waals surface area contributed by atoms with E-state index in [4.69, 9.17) is 15.2 Å². The van der Waals surface area contributed by atoms with Gasteiger partial charge in [0.05, 0.1) is 0 Å². The third kappa shape index (κ3) is 3.06. The van der Waals surface area contributed by atoms with E-state index in [0.717, 1.165) is 5.56 Å². The minimum atomic E-state index is -0.718. The summed E-state index contributed by atoms with van der Waals surface area (Å²) in [5.74, 6) is -0.192. The van der Waals surface area contributed by atoms with Gasteiger partial charge in [0.1, 0.15) is 0 Å². The van der Waals surface area contributed by atoms with Gasteiger partial charge in [-0.25, -0.2) is 0 Å². The predicted molar refractivity (Wildman–Crippen MR) is 69.9 cm³/mol. The van der Waals surface area contributed by atoms with E-state index in [-0.39, 0.29) is 0 Å². The number of ether oxygens (including phenoxy) is 2. The summed E-state index contributed by atoms with van der Waals surface area (Å²) < 4.78 is 11.0. The van der Waals surface area contributed by atoms with Crippen LogP contribution in [0.5, 0.6) is 0 Å². The van der Waals surface area contributed by atoms with E-state index in [1.54, 1.807) is 14.2 Å². The molecule has 0 aromatic heterocycles. The van der Waals surface area contributed by atoms with Crippen LogP contribution in [0.1, 0.15) is 37.3 Å². The highest BCUT2D eigenvalue weighted by molar-refractivity contribution is 5.27. The van der Waals surface area contributed by atoms with E-state index in [2.05, 4.69) is 38.1 Å². The molecule has 0 aliphatic heterocycles. The number of benzene rings is 1. The molecule has 0 saturated carbocycles. The van der Waals surface area contributed by atoms with Crippen LogP contribution in [0.3, 0.4) is 0 Å². The summed E-state index contributed by atoms with van der Waals surface area (Å²) in [5.41, 5.74) is 7.94. The first-order valence-corrected chi connectivity index (χ1v) is 6.00. The molecule has 17 heavy (non-hydrogen) atoms. The molecule has 96 valence electrons. The fraction of sp³-hybridized carbons (Fsp3) is 0.571. The molecule has 0 unspecified atom stereocenters. The third-order valence-electron chi connectivity index (χ3n) is 3.15. The number of methoxy groups -OCH3 is 2. The average Bonchev–Trinajstić information content (AvgIpc) is 2.36. The van der Waals surface area contributed by atoms with Gasteiger partial charge in [0.2, 0.25) is 0 Å². The zero-order valence-corrected chi connectivity index (χ0v) is 11.2. The van der Waals surface area contributed by atoms with Crippen molar-refractivity contribution >= 4 is 0 Å². The fourth-order valence-electron chi connectivity index (χ4n) is 1.98. The lowest BCUT2D eigenvalue weighted by Gasteiger charge is -2.31. The monoisotopic (exact) mass is 237 g/mol. The summed E-state index contributed by atoms with van der Waals surface area (Å²) in [6, 6.07) is 8.34. The van der Waals surface area contributed by atoms with E-state index in [9.17, 15) is 0 Å². The highest BCUT2D eigenvalue weighted by Gasteiger charge is 2.30. The minimum Gasteiger partial charge on any atom is -0.349 e. The Balaban J connectivity index is 3.02. The second-order valence-electron chi connectivity index (χ2n) is 4.48. The molecule has 0 fully saturated rings. The molecule has 1 aromatic rings. The Bertz CT molecular complexity index is 329. The van der Waals surface area contributed by atoms with Crippen molar-refractivity contribution in [2.45, 2.75) is 32.0 Å². The van der Waals surface area contributed by atoms with Crippen LogP contribution in [-0.4, -0.2) is 20.8 Å². The van der Waals surface area contributed by atoms with E-state index in [1.807, 2.05) is 0 Å². The first kappa shape index (κ1) is 14.2. The van der Waals surface area contributed by atoms with E-state index < -0.39 is 5.79 Å². The minimum absolute atomic E-state index is 0.521. The first-order valence-electron chi connectivity index (χ1n) is 6.00. The summed E-state index contributed by atoms with van der Waals surface area (Å²) >= 11 is 0. The second kappa shape index (κ2) is 6.15. The second-order valence-corrected chi connectivity index (χ2v) is 4.48. The smallest absolute Gasteiger partial charge is 0.195 e. The Morgan fingerprint density at radius 2 is 1.65 bits per heavy atom. The molecule has 0 amide bonds. The number of hydrogen-bond acceptors (Lipinski definition) is 3. The van der Waals surface area contributed by atoms with Crippen molar-refractivity contribution in [3.8, 4) is 0 Å². The third-order valence-corrected chi connectivity index (χ3v) is 3.15. The Labute approximate surface area is 104 Å². The topological polar surface area (TPSA) is 44.5 Å². The predicted octanol–water partition coefficient (Wildman–Crippen LogP) is 2.60. The van der Waals surface area contributed by atoms with E-state index in [1.165, 1.54) is 5.56 Å². The van der Waals surface area contributed by atoms with Gasteiger partial charge in [0, 0.05) is 26.2 Å². The van der Waals surface area contributed by atoms with Crippen LogP contribution < -0.4 is 5.73 Å². The van der Waals surface area contributed by atoms with Gasteiger partial charge in [0.15, 0.2) is 5.79 Å². The van der Waals surface area contributed by atoms with Gasteiger partial charge < -0.3 is 15.2 Å². The van der Waals surface area contributed by atoms with Crippen LogP contribution in [0.25, 0.3) is 0 Å². The molecule has 2 N–H and O–H groups in total. The summed E-state index contributed by atoms with van der Waals surface area (Å²) in [6.45, 7) is 4.87.